The molecule has 2 aromatic rings. The van der Waals surface area contributed by atoms with E-state index in [0.29, 0.717) is 12.2 Å². The number of ether oxygens (including phenoxy) is 1. The second-order valence-electron chi connectivity index (χ2n) is 3.85. The molecule has 92 valence electrons. The maximum absolute atomic E-state index is 11.6. The van der Waals surface area contributed by atoms with Crippen LogP contribution >= 0.6 is 0 Å². The van der Waals surface area contributed by atoms with Gasteiger partial charge >= 0.3 is 5.97 Å². The highest BCUT2D eigenvalue weighted by Crippen LogP contribution is 2.20. The van der Waals surface area contributed by atoms with Crippen LogP contribution in [0.3, 0.4) is 0 Å². The summed E-state index contributed by atoms with van der Waals surface area (Å²) in [6.07, 6.45) is 4.91. The fourth-order valence-electron chi connectivity index (χ4n) is 1.68. The Morgan fingerprint density at radius 3 is 2.94 bits per heavy atom. The standard InChI is InChI=1S/C14H14N2O2/c1-3-18-14(17)12-7-11(8-15-9-12)13-10(2)5-4-6-16-13/h4-9H,3H2,1-2H3. The first-order valence-corrected chi connectivity index (χ1v) is 5.76. The molecule has 4 nitrogen and oxygen atoms in total. The SMILES string of the molecule is CCOC(=O)c1cncc(-c2ncccc2C)c1. The number of aromatic nitrogens is 2. The Bertz CT molecular complexity index is 567. The normalized spacial score (nSPS) is 10.1. The largest absolute Gasteiger partial charge is 0.462 e. The first kappa shape index (κ1) is 12.2. The van der Waals surface area contributed by atoms with Crippen LogP contribution in [0.25, 0.3) is 11.3 Å². The van der Waals surface area contributed by atoms with E-state index in [-0.39, 0.29) is 5.97 Å². The van der Waals surface area contributed by atoms with E-state index in [9.17, 15) is 4.79 Å². The predicted octanol–water partition coefficient (Wildman–Crippen LogP) is 2.63. The number of hydrogen-bond donors (Lipinski definition) is 0. The quantitative estimate of drug-likeness (QED) is 0.776. The highest BCUT2D eigenvalue weighted by Gasteiger charge is 2.10. The van der Waals surface area contributed by atoms with E-state index in [1.165, 1.54) is 6.20 Å². The number of aryl methyl sites for hydroxylation is 1. The molecule has 0 atom stereocenters. The molecule has 0 fully saturated rings. The zero-order chi connectivity index (χ0) is 13.0. The van der Waals surface area contributed by atoms with Crippen molar-refractivity contribution in [3.05, 3.63) is 47.9 Å². The lowest BCUT2D eigenvalue weighted by molar-refractivity contribution is 0.0526. The molecule has 0 saturated heterocycles. The van der Waals surface area contributed by atoms with Gasteiger partial charge in [0.15, 0.2) is 0 Å². The molecule has 0 aliphatic heterocycles. The van der Waals surface area contributed by atoms with Gasteiger partial charge in [0.05, 0.1) is 17.9 Å². The van der Waals surface area contributed by atoms with E-state index in [0.717, 1.165) is 16.8 Å². The van der Waals surface area contributed by atoms with Crippen LogP contribution in [-0.4, -0.2) is 22.5 Å². The summed E-state index contributed by atoms with van der Waals surface area (Å²) in [5.41, 5.74) is 3.13. The highest BCUT2D eigenvalue weighted by molar-refractivity contribution is 5.90. The Labute approximate surface area is 106 Å². The monoisotopic (exact) mass is 242 g/mol. The van der Waals surface area contributed by atoms with Crippen molar-refractivity contribution in [2.24, 2.45) is 0 Å². The predicted molar refractivity (Wildman–Crippen MR) is 68.2 cm³/mol. The molecule has 0 N–H and O–H groups in total. The molecule has 0 saturated carbocycles. The molecule has 0 amide bonds. The van der Waals surface area contributed by atoms with E-state index in [4.69, 9.17) is 4.74 Å². The van der Waals surface area contributed by atoms with Crippen molar-refractivity contribution in [1.82, 2.24) is 9.97 Å². The Balaban J connectivity index is 2.39. The summed E-state index contributed by atoms with van der Waals surface area (Å²) in [4.78, 5) is 20.0. The van der Waals surface area contributed by atoms with Crippen LogP contribution in [0.5, 0.6) is 0 Å². The van der Waals surface area contributed by atoms with Crippen molar-refractivity contribution >= 4 is 5.97 Å². The number of carbonyl (C=O) groups is 1. The van der Waals surface area contributed by atoms with Gasteiger partial charge in [-0.1, -0.05) is 6.07 Å². The Morgan fingerprint density at radius 1 is 1.39 bits per heavy atom. The first-order valence-electron chi connectivity index (χ1n) is 5.76. The second kappa shape index (κ2) is 5.40. The van der Waals surface area contributed by atoms with Crippen molar-refractivity contribution < 1.29 is 9.53 Å². The summed E-state index contributed by atoms with van der Waals surface area (Å²) >= 11 is 0. The van der Waals surface area contributed by atoms with Crippen LogP contribution in [0.2, 0.25) is 0 Å². The number of carbonyl (C=O) groups excluding carboxylic acids is 1. The maximum atomic E-state index is 11.6. The molecule has 4 heteroatoms. The molecule has 2 heterocycles. The molecule has 2 rings (SSSR count). The van der Waals surface area contributed by atoms with Gasteiger partial charge in [0.2, 0.25) is 0 Å². The van der Waals surface area contributed by atoms with Gasteiger partial charge in [-0.15, -0.1) is 0 Å². The molecule has 0 aliphatic carbocycles. The fourth-order valence-corrected chi connectivity index (χ4v) is 1.68. The third-order valence-corrected chi connectivity index (χ3v) is 2.53. The average Bonchev–Trinajstić information content (AvgIpc) is 2.40. The summed E-state index contributed by atoms with van der Waals surface area (Å²) in [6, 6.07) is 5.60. The lowest BCUT2D eigenvalue weighted by Crippen LogP contribution is -2.05. The molecule has 0 spiro atoms. The minimum absolute atomic E-state index is 0.353. The fraction of sp³-hybridized carbons (Fsp3) is 0.214. The summed E-state index contributed by atoms with van der Waals surface area (Å²) in [7, 11) is 0. The van der Waals surface area contributed by atoms with Gasteiger partial charge in [0, 0.05) is 24.2 Å². The van der Waals surface area contributed by atoms with Crippen molar-refractivity contribution in [2.45, 2.75) is 13.8 Å². The van der Waals surface area contributed by atoms with Gasteiger partial charge in [-0.2, -0.15) is 0 Å². The van der Waals surface area contributed by atoms with Crippen LogP contribution in [0.15, 0.2) is 36.8 Å². The minimum atomic E-state index is -0.361. The van der Waals surface area contributed by atoms with E-state index in [1.807, 2.05) is 19.1 Å². The second-order valence-corrected chi connectivity index (χ2v) is 3.85. The summed E-state index contributed by atoms with van der Waals surface area (Å²) < 4.78 is 4.95. The lowest BCUT2D eigenvalue weighted by atomic mass is 10.1. The molecular weight excluding hydrogens is 228 g/mol. The molecule has 0 radical (unpaired) electrons. The number of rotatable bonds is 3. The summed E-state index contributed by atoms with van der Waals surface area (Å²) in [5.74, 6) is -0.361. The van der Waals surface area contributed by atoms with E-state index in [2.05, 4.69) is 9.97 Å². The van der Waals surface area contributed by atoms with Gasteiger partial charge in [-0.25, -0.2) is 4.79 Å². The Hall–Kier alpha value is -2.23. The molecule has 0 aliphatic rings. The minimum Gasteiger partial charge on any atom is -0.462 e. The maximum Gasteiger partial charge on any atom is 0.339 e. The van der Waals surface area contributed by atoms with Gasteiger partial charge in [0.25, 0.3) is 0 Å². The number of nitrogens with zero attached hydrogens (tertiary/aromatic N) is 2. The molecule has 0 aromatic carbocycles. The third kappa shape index (κ3) is 2.53. The van der Waals surface area contributed by atoms with Crippen molar-refractivity contribution in [3.8, 4) is 11.3 Å². The first-order chi connectivity index (χ1) is 8.72. The smallest absolute Gasteiger partial charge is 0.339 e. The average molecular weight is 242 g/mol. The molecular formula is C14H14N2O2. The van der Waals surface area contributed by atoms with Crippen molar-refractivity contribution in [1.29, 1.82) is 0 Å². The van der Waals surface area contributed by atoms with Crippen LogP contribution in [0.4, 0.5) is 0 Å². The van der Waals surface area contributed by atoms with E-state index >= 15 is 0 Å². The molecule has 0 unspecified atom stereocenters. The zero-order valence-corrected chi connectivity index (χ0v) is 10.4. The summed E-state index contributed by atoms with van der Waals surface area (Å²) in [6.45, 7) is 4.10. The van der Waals surface area contributed by atoms with Gasteiger partial charge in [0.1, 0.15) is 0 Å². The van der Waals surface area contributed by atoms with Crippen LogP contribution in [-0.2, 0) is 4.74 Å². The number of pyridine rings is 2. The van der Waals surface area contributed by atoms with Gasteiger partial charge in [-0.3, -0.25) is 9.97 Å². The summed E-state index contributed by atoms with van der Waals surface area (Å²) in [5, 5.41) is 0. The van der Waals surface area contributed by atoms with E-state index < -0.39 is 0 Å². The van der Waals surface area contributed by atoms with E-state index in [1.54, 1.807) is 25.4 Å². The zero-order valence-electron chi connectivity index (χ0n) is 10.4. The number of hydrogen-bond acceptors (Lipinski definition) is 4. The van der Waals surface area contributed by atoms with Crippen molar-refractivity contribution in [2.75, 3.05) is 6.61 Å². The number of esters is 1. The van der Waals surface area contributed by atoms with Crippen LogP contribution in [0, 0.1) is 6.92 Å². The van der Waals surface area contributed by atoms with Crippen LogP contribution < -0.4 is 0 Å². The van der Waals surface area contributed by atoms with Gasteiger partial charge in [-0.05, 0) is 31.5 Å². The Morgan fingerprint density at radius 2 is 2.22 bits per heavy atom. The molecule has 0 bridgehead atoms. The Kier molecular flexibility index (Phi) is 3.67. The third-order valence-electron chi connectivity index (χ3n) is 2.53. The lowest BCUT2D eigenvalue weighted by Gasteiger charge is -2.06. The topological polar surface area (TPSA) is 52.1 Å². The van der Waals surface area contributed by atoms with Crippen LogP contribution in [0.1, 0.15) is 22.8 Å². The van der Waals surface area contributed by atoms with Gasteiger partial charge < -0.3 is 4.74 Å². The van der Waals surface area contributed by atoms with Crippen molar-refractivity contribution in [3.63, 3.8) is 0 Å². The molecule has 2 aromatic heterocycles. The molecule has 18 heavy (non-hydrogen) atoms. The highest BCUT2D eigenvalue weighted by atomic mass is 16.5.